The van der Waals surface area contributed by atoms with Crippen LogP contribution in [0, 0.1) is 0 Å². The Labute approximate surface area is 73.4 Å². The van der Waals surface area contributed by atoms with E-state index in [4.69, 9.17) is 27.6 Å². The number of allylic oxidation sites excluding steroid dienone is 1. The molecule has 0 spiro atoms. The van der Waals surface area contributed by atoms with Crippen LogP contribution in [-0.4, -0.2) is 5.24 Å². The summed E-state index contributed by atoms with van der Waals surface area (Å²) >= 11 is 10.7. The molecule has 0 saturated carbocycles. The average Bonchev–Trinajstić information content (AvgIpc) is 2.33. The quantitative estimate of drug-likeness (QED) is 0.531. The fraction of sp³-hybridized carbons (Fsp3) is 0. The molecule has 4 heteroatoms. The van der Waals surface area contributed by atoms with Gasteiger partial charge in [0.2, 0.25) is 0 Å². The van der Waals surface area contributed by atoms with Gasteiger partial charge >= 0.3 is 0 Å². The third-order valence-electron chi connectivity index (χ3n) is 1.13. The van der Waals surface area contributed by atoms with Gasteiger partial charge in [0, 0.05) is 0 Å². The molecule has 0 aliphatic carbocycles. The van der Waals surface area contributed by atoms with Crippen LogP contribution < -0.4 is 0 Å². The van der Waals surface area contributed by atoms with Crippen LogP contribution in [0.1, 0.15) is 5.76 Å². The van der Waals surface area contributed by atoms with Crippen molar-refractivity contribution in [3.63, 3.8) is 0 Å². The smallest absolute Gasteiger partial charge is 0.255 e. The van der Waals surface area contributed by atoms with E-state index in [2.05, 4.69) is 6.58 Å². The minimum Gasteiger partial charge on any atom is -0.463 e. The summed E-state index contributed by atoms with van der Waals surface area (Å²) in [5, 5.41) is -0.328. The molecular formula is C7H4Cl2O2. The molecule has 0 atom stereocenters. The van der Waals surface area contributed by atoms with E-state index < -0.39 is 5.24 Å². The van der Waals surface area contributed by atoms with Crippen LogP contribution in [0.25, 0.3) is 5.57 Å². The number of hydrogen-bond donors (Lipinski definition) is 0. The van der Waals surface area contributed by atoms with E-state index in [1.165, 1.54) is 12.3 Å². The molecule has 0 radical (unpaired) electrons. The number of rotatable bonds is 2. The Balaban J connectivity index is 3.02. The Morgan fingerprint density at radius 1 is 1.64 bits per heavy atom. The van der Waals surface area contributed by atoms with Crippen molar-refractivity contribution in [2.24, 2.45) is 0 Å². The molecule has 0 unspecified atom stereocenters. The lowest BCUT2D eigenvalue weighted by atomic mass is 10.2. The highest BCUT2D eigenvalue weighted by Crippen LogP contribution is 2.24. The van der Waals surface area contributed by atoms with E-state index in [-0.39, 0.29) is 11.3 Å². The Morgan fingerprint density at radius 2 is 2.27 bits per heavy atom. The van der Waals surface area contributed by atoms with Gasteiger partial charge in [0.1, 0.15) is 0 Å². The van der Waals surface area contributed by atoms with E-state index in [1.807, 2.05) is 0 Å². The number of halogens is 2. The van der Waals surface area contributed by atoms with Gasteiger partial charge < -0.3 is 4.42 Å². The zero-order chi connectivity index (χ0) is 8.43. The number of hydrogen-bond acceptors (Lipinski definition) is 2. The molecule has 1 rings (SSSR count). The van der Waals surface area contributed by atoms with Gasteiger partial charge in [-0.3, -0.25) is 4.79 Å². The Hall–Kier alpha value is -0.730. The van der Waals surface area contributed by atoms with Crippen molar-refractivity contribution >= 4 is 34.0 Å². The van der Waals surface area contributed by atoms with Crippen molar-refractivity contribution in [2.75, 3.05) is 0 Å². The number of carbonyl (C=O) groups is 1. The minimum absolute atomic E-state index is 0.0710. The third-order valence-corrected chi connectivity index (χ3v) is 1.65. The lowest BCUT2D eigenvalue weighted by molar-refractivity contribution is -0.106. The van der Waals surface area contributed by atoms with Gasteiger partial charge in [0.15, 0.2) is 5.76 Å². The second-order valence-corrected chi connectivity index (χ2v) is 2.60. The van der Waals surface area contributed by atoms with Crippen LogP contribution in [0.2, 0.25) is 5.02 Å². The van der Waals surface area contributed by atoms with E-state index in [0.717, 1.165) is 0 Å². The Bertz CT molecular complexity index is 301. The standard InChI is InChI=1S/C7H4Cl2O2/c1-4(7(9)10)6-5(8)2-3-11-6/h2-3H,1H2. The molecule has 1 aromatic rings. The van der Waals surface area contributed by atoms with Gasteiger partial charge in [-0.2, -0.15) is 0 Å². The fourth-order valence-electron chi connectivity index (χ4n) is 0.598. The lowest BCUT2D eigenvalue weighted by Gasteiger charge is -1.93. The zero-order valence-corrected chi connectivity index (χ0v) is 6.95. The molecule has 0 saturated heterocycles. The van der Waals surface area contributed by atoms with Gasteiger partial charge in [0.05, 0.1) is 16.9 Å². The van der Waals surface area contributed by atoms with Crippen molar-refractivity contribution in [1.29, 1.82) is 0 Å². The molecule has 1 aromatic heterocycles. The predicted octanol–water partition coefficient (Wildman–Crippen LogP) is 2.71. The molecule has 0 bridgehead atoms. The second-order valence-electron chi connectivity index (χ2n) is 1.85. The molecule has 1 heterocycles. The van der Waals surface area contributed by atoms with Crippen LogP contribution in [0.4, 0.5) is 0 Å². The molecular weight excluding hydrogens is 187 g/mol. The zero-order valence-electron chi connectivity index (χ0n) is 5.43. The maximum absolute atomic E-state index is 10.5. The van der Waals surface area contributed by atoms with Crippen molar-refractivity contribution < 1.29 is 9.21 Å². The van der Waals surface area contributed by atoms with E-state index >= 15 is 0 Å². The van der Waals surface area contributed by atoms with E-state index in [9.17, 15) is 4.79 Å². The predicted molar refractivity (Wildman–Crippen MR) is 43.6 cm³/mol. The Morgan fingerprint density at radius 3 is 2.64 bits per heavy atom. The summed E-state index contributed by atoms with van der Waals surface area (Å²) in [6.45, 7) is 3.40. The summed E-state index contributed by atoms with van der Waals surface area (Å²) in [4.78, 5) is 10.5. The third kappa shape index (κ3) is 1.64. The first kappa shape index (κ1) is 8.37. The van der Waals surface area contributed by atoms with Crippen LogP contribution in [0.3, 0.4) is 0 Å². The van der Waals surface area contributed by atoms with E-state index in [0.29, 0.717) is 5.02 Å². The summed E-state index contributed by atoms with van der Waals surface area (Å²) in [7, 11) is 0. The topological polar surface area (TPSA) is 30.2 Å². The molecule has 0 amide bonds. The first-order valence-corrected chi connectivity index (χ1v) is 3.50. The fourth-order valence-corrected chi connectivity index (χ4v) is 0.894. The molecule has 0 aliphatic rings. The lowest BCUT2D eigenvalue weighted by Crippen LogP contribution is -1.88. The van der Waals surface area contributed by atoms with Crippen LogP contribution in [0.5, 0.6) is 0 Å². The minimum atomic E-state index is -0.665. The average molecular weight is 191 g/mol. The summed E-state index contributed by atoms with van der Waals surface area (Å²) in [6, 6.07) is 1.52. The van der Waals surface area contributed by atoms with Crippen molar-refractivity contribution in [3.05, 3.63) is 29.7 Å². The molecule has 2 nitrogen and oxygen atoms in total. The van der Waals surface area contributed by atoms with Crippen molar-refractivity contribution in [3.8, 4) is 0 Å². The monoisotopic (exact) mass is 190 g/mol. The normalized spacial score (nSPS) is 9.64. The molecule has 58 valence electrons. The highest BCUT2D eigenvalue weighted by atomic mass is 35.5. The van der Waals surface area contributed by atoms with Gasteiger partial charge in [-0.1, -0.05) is 18.2 Å². The molecule has 0 aromatic carbocycles. The highest BCUT2D eigenvalue weighted by Gasteiger charge is 2.12. The molecule has 0 fully saturated rings. The van der Waals surface area contributed by atoms with Crippen LogP contribution in [0.15, 0.2) is 23.3 Å². The number of furan rings is 1. The molecule has 0 aliphatic heterocycles. The molecule has 11 heavy (non-hydrogen) atoms. The summed E-state index contributed by atoms with van der Waals surface area (Å²) < 4.78 is 4.85. The maximum Gasteiger partial charge on any atom is 0.255 e. The van der Waals surface area contributed by atoms with Crippen LogP contribution >= 0.6 is 23.2 Å². The summed E-state index contributed by atoms with van der Waals surface area (Å²) in [5.74, 6) is 0.228. The van der Waals surface area contributed by atoms with Gasteiger partial charge in [-0.15, -0.1) is 0 Å². The maximum atomic E-state index is 10.5. The van der Waals surface area contributed by atoms with Gasteiger partial charge in [-0.05, 0) is 17.7 Å². The first-order valence-electron chi connectivity index (χ1n) is 2.75. The first-order chi connectivity index (χ1) is 5.13. The number of carbonyl (C=O) groups excluding carboxylic acids is 1. The van der Waals surface area contributed by atoms with Crippen molar-refractivity contribution in [2.45, 2.75) is 0 Å². The van der Waals surface area contributed by atoms with Crippen LogP contribution in [-0.2, 0) is 4.79 Å². The summed E-state index contributed by atoms with van der Waals surface area (Å²) in [6.07, 6.45) is 1.36. The largest absolute Gasteiger partial charge is 0.463 e. The SMILES string of the molecule is C=C(C(=O)Cl)c1occc1Cl. The highest BCUT2D eigenvalue weighted by molar-refractivity contribution is 6.74. The second kappa shape index (κ2) is 3.11. The van der Waals surface area contributed by atoms with Crippen molar-refractivity contribution in [1.82, 2.24) is 0 Å². The van der Waals surface area contributed by atoms with E-state index in [1.54, 1.807) is 0 Å². The summed E-state index contributed by atoms with van der Waals surface area (Å²) in [5.41, 5.74) is 0.0710. The Kier molecular flexibility index (Phi) is 2.37. The molecule has 0 N–H and O–H groups in total. The van der Waals surface area contributed by atoms with Gasteiger partial charge in [-0.25, -0.2) is 0 Å². The van der Waals surface area contributed by atoms with Gasteiger partial charge in [0.25, 0.3) is 5.24 Å².